The van der Waals surface area contributed by atoms with Crippen LogP contribution >= 0.6 is 0 Å². The number of hydrogen-bond donors (Lipinski definition) is 0. The highest BCUT2D eigenvalue weighted by atomic mass is 16.7. The SMILES string of the molecule is CCOC(=O)CC(=O)[C@@H](C(=O)OCC)[C@H](c1ccc2c(c1)OCO2)c1cc(OC)c(OC)c(OC)c1. The van der Waals surface area contributed by atoms with Gasteiger partial charge < -0.3 is 33.2 Å². The number of ketones is 1. The van der Waals surface area contributed by atoms with Gasteiger partial charge in [-0.05, 0) is 49.2 Å². The van der Waals surface area contributed by atoms with Gasteiger partial charge in [0.1, 0.15) is 12.3 Å². The molecule has 194 valence electrons. The Kier molecular flexibility index (Phi) is 8.99. The minimum Gasteiger partial charge on any atom is -0.493 e. The first kappa shape index (κ1) is 26.7. The molecule has 0 amide bonds. The predicted molar refractivity (Wildman–Crippen MR) is 127 cm³/mol. The molecule has 2 aromatic carbocycles. The van der Waals surface area contributed by atoms with Crippen molar-refractivity contribution in [3.8, 4) is 28.7 Å². The Bertz CT molecular complexity index is 1080. The van der Waals surface area contributed by atoms with Crippen molar-refractivity contribution in [2.45, 2.75) is 26.2 Å². The van der Waals surface area contributed by atoms with Gasteiger partial charge in [0.05, 0.1) is 34.5 Å². The average Bonchev–Trinajstić information content (AvgIpc) is 3.34. The number of methoxy groups -OCH3 is 3. The second-order valence-corrected chi connectivity index (χ2v) is 7.73. The van der Waals surface area contributed by atoms with E-state index in [9.17, 15) is 14.4 Å². The van der Waals surface area contributed by atoms with Gasteiger partial charge in [0.2, 0.25) is 12.5 Å². The molecule has 0 saturated carbocycles. The first-order valence-corrected chi connectivity index (χ1v) is 11.4. The van der Waals surface area contributed by atoms with Gasteiger partial charge in [-0.15, -0.1) is 0 Å². The summed E-state index contributed by atoms with van der Waals surface area (Å²) in [5.74, 6) is -2.42. The summed E-state index contributed by atoms with van der Waals surface area (Å²) in [6, 6.07) is 8.42. The highest BCUT2D eigenvalue weighted by Gasteiger charge is 2.40. The van der Waals surface area contributed by atoms with Crippen LogP contribution in [0.3, 0.4) is 0 Å². The van der Waals surface area contributed by atoms with Gasteiger partial charge >= 0.3 is 11.9 Å². The van der Waals surface area contributed by atoms with Crippen molar-refractivity contribution < 1.29 is 47.5 Å². The smallest absolute Gasteiger partial charge is 0.317 e. The first-order valence-electron chi connectivity index (χ1n) is 11.4. The second kappa shape index (κ2) is 12.1. The van der Waals surface area contributed by atoms with Crippen LogP contribution in [-0.4, -0.2) is 59.1 Å². The lowest BCUT2D eigenvalue weighted by molar-refractivity contribution is -0.154. The molecule has 0 unspecified atom stereocenters. The molecule has 0 spiro atoms. The molecule has 0 saturated heterocycles. The summed E-state index contributed by atoms with van der Waals surface area (Å²) in [6.45, 7) is 3.48. The number of carbonyl (C=O) groups is 3. The summed E-state index contributed by atoms with van der Waals surface area (Å²) in [6.07, 6.45) is -0.594. The Hall–Kier alpha value is -3.95. The van der Waals surface area contributed by atoms with E-state index in [2.05, 4.69) is 0 Å². The molecule has 0 bridgehead atoms. The lowest BCUT2D eigenvalue weighted by Gasteiger charge is -2.27. The van der Waals surface area contributed by atoms with E-state index in [4.69, 9.17) is 33.2 Å². The summed E-state index contributed by atoms with van der Waals surface area (Å²) in [7, 11) is 4.40. The van der Waals surface area contributed by atoms with Crippen LogP contribution in [-0.2, 0) is 23.9 Å². The minimum atomic E-state index is -1.38. The van der Waals surface area contributed by atoms with E-state index in [1.165, 1.54) is 21.3 Å². The molecular formula is C26H30O10. The molecule has 0 fully saturated rings. The van der Waals surface area contributed by atoms with E-state index < -0.39 is 36.0 Å². The third-order valence-corrected chi connectivity index (χ3v) is 5.65. The zero-order valence-electron chi connectivity index (χ0n) is 21.0. The van der Waals surface area contributed by atoms with Crippen molar-refractivity contribution in [3.05, 3.63) is 41.5 Å². The van der Waals surface area contributed by atoms with E-state index >= 15 is 0 Å². The molecule has 36 heavy (non-hydrogen) atoms. The number of hydrogen-bond acceptors (Lipinski definition) is 10. The fourth-order valence-electron chi connectivity index (χ4n) is 4.11. The zero-order chi connectivity index (χ0) is 26.2. The molecule has 1 heterocycles. The Morgan fingerprint density at radius 3 is 2.06 bits per heavy atom. The Labute approximate surface area is 209 Å². The Balaban J connectivity index is 2.22. The first-order chi connectivity index (χ1) is 17.4. The fraction of sp³-hybridized carbons (Fsp3) is 0.423. The fourth-order valence-corrected chi connectivity index (χ4v) is 4.11. The van der Waals surface area contributed by atoms with Gasteiger partial charge in [-0.1, -0.05) is 6.07 Å². The Morgan fingerprint density at radius 2 is 1.47 bits per heavy atom. The maximum absolute atomic E-state index is 13.5. The number of ether oxygens (including phenoxy) is 7. The molecule has 0 aromatic heterocycles. The molecule has 3 rings (SSSR count). The number of Topliss-reactive ketones (excluding diaryl/α,β-unsaturated/α-hetero) is 1. The van der Waals surface area contributed by atoms with Gasteiger partial charge in [0, 0.05) is 5.92 Å². The quantitative estimate of drug-likeness (QED) is 0.316. The van der Waals surface area contributed by atoms with Gasteiger partial charge in [0.25, 0.3) is 0 Å². The van der Waals surface area contributed by atoms with Crippen LogP contribution in [0.25, 0.3) is 0 Å². The number of benzene rings is 2. The highest BCUT2D eigenvalue weighted by molar-refractivity contribution is 6.07. The molecule has 1 aliphatic rings. The van der Waals surface area contributed by atoms with Crippen LogP contribution in [0.15, 0.2) is 30.3 Å². The van der Waals surface area contributed by atoms with Gasteiger partial charge in [-0.25, -0.2) is 0 Å². The second-order valence-electron chi connectivity index (χ2n) is 7.73. The topological polar surface area (TPSA) is 116 Å². The summed E-state index contributed by atoms with van der Waals surface area (Å²) in [5.41, 5.74) is 1.06. The summed E-state index contributed by atoms with van der Waals surface area (Å²) in [4.78, 5) is 38.9. The predicted octanol–water partition coefficient (Wildman–Crippen LogP) is 3.27. The number of esters is 2. The summed E-state index contributed by atoms with van der Waals surface area (Å²) < 4.78 is 37.6. The molecule has 0 radical (unpaired) electrons. The molecule has 1 aliphatic heterocycles. The van der Waals surface area contributed by atoms with Crippen molar-refractivity contribution in [3.63, 3.8) is 0 Å². The normalized spacial score (nSPS) is 13.4. The van der Waals surface area contributed by atoms with Crippen LogP contribution in [0, 0.1) is 5.92 Å². The molecular weight excluding hydrogens is 472 g/mol. The van der Waals surface area contributed by atoms with Gasteiger partial charge in [0.15, 0.2) is 28.8 Å². The summed E-state index contributed by atoms with van der Waals surface area (Å²) in [5, 5.41) is 0. The molecule has 0 aliphatic carbocycles. The van der Waals surface area contributed by atoms with Crippen molar-refractivity contribution in [2.75, 3.05) is 41.3 Å². The van der Waals surface area contributed by atoms with E-state index in [0.717, 1.165) is 0 Å². The number of carbonyl (C=O) groups excluding carboxylic acids is 3. The molecule has 10 nitrogen and oxygen atoms in total. The largest absolute Gasteiger partial charge is 0.493 e. The summed E-state index contributed by atoms with van der Waals surface area (Å²) >= 11 is 0. The third-order valence-electron chi connectivity index (χ3n) is 5.65. The highest BCUT2D eigenvalue weighted by Crippen LogP contribution is 2.45. The monoisotopic (exact) mass is 502 g/mol. The van der Waals surface area contributed by atoms with Crippen LogP contribution in [0.5, 0.6) is 28.7 Å². The van der Waals surface area contributed by atoms with Crippen molar-refractivity contribution in [2.24, 2.45) is 5.92 Å². The minimum absolute atomic E-state index is 0.0468. The van der Waals surface area contributed by atoms with Crippen LogP contribution in [0.4, 0.5) is 0 Å². The third kappa shape index (κ3) is 5.64. The van der Waals surface area contributed by atoms with Crippen molar-refractivity contribution in [1.82, 2.24) is 0 Å². The number of rotatable bonds is 12. The van der Waals surface area contributed by atoms with E-state index in [1.54, 1.807) is 44.2 Å². The lowest BCUT2D eigenvalue weighted by Crippen LogP contribution is -2.34. The van der Waals surface area contributed by atoms with Crippen molar-refractivity contribution >= 4 is 17.7 Å². The van der Waals surface area contributed by atoms with Crippen LogP contribution < -0.4 is 23.7 Å². The van der Waals surface area contributed by atoms with Gasteiger partial charge in [-0.3, -0.25) is 14.4 Å². The molecule has 0 N–H and O–H groups in total. The number of fused-ring (bicyclic) bond motifs is 1. The van der Waals surface area contributed by atoms with E-state index in [0.29, 0.717) is 39.9 Å². The lowest BCUT2D eigenvalue weighted by atomic mass is 9.77. The van der Waals surface area contributed by atoms with Crippen LogP contribution in [0.2, 0.25) is 0 Å². The Morgan fingerprint density at radius 1 is 0.833 bits per heavy atom. The standard InChI is InChI=1S/C26H30O10/c1-6-33-22(28)13-17(27)24(26(29)34-7-2)23(15-8-9-18-19(10-15)36-14-35-18)16-11-20(30-3)25(32-5)21(12-16)31-4/h8-12,23-24H,6-7,13-14H2,1-5H3/t23-,24-/m1/s1. The average molecular weight is 503 g/mol. The molecule has 2 atom stereocenters. The maximum atomic E-state index is 13.5. The van der Waals surface area contributed by atoms with Gasteiger partial charge in [-0.2, -0.15) is 0 Å². The van der Waals surface area contributed by atoms with Crippen LogP contribution in [0.1, 0.15) is 37.3 Å². The van der Waals surface area contributed by atoms with E-state index in [-0.39, 0.29) is 20.0 Å². The maximum Gasteiger partial charge on any atom is 0.317 e. The molecule has 10 heteroatoms. The molecule has 2 aromatic rings. The van der Waals surface area contributed by atoms with E-state index in [1.807, 2.05) is 0 Å². The zero-order valence-corrected chi connectivity index (χ0v) is 21.0. The van der Waals surface area contributed by atoms with Crippen molar-refractivity contribution in [1.29, 1.82) is 0 Å².